The summed E-state index contributed by atoms with van der Waals surface area (Å²) in [5, 5.41) is 0. The molecule has 0 N–H and O–H groups in total. The van der Waals surface area contributed by atoms with E-state index in [2.05, 4.69) is 49.2 Å². The molecule has 0 aliphatic rings. The van der Waals surface area contributed by atoms with E-state index in [4.69, 9.17) is 0 Å². The van der Waals surface area contributed by atoms with E-state index in [-0.39, 0.29) is 5.56 Å². The Labute approximate surface area is 178 Å². The van der Waals surface area contributed by atoms with Gasteiger partial charge in [-0.05, 0) is 60.4 Å². The molecular formula is C25H21FN2OS. The zero-order valence-corrected chi connectivity index (χ0v) is 17.8. The Kier molecular flexibility index (Phi) is 5.46. The van der Waals surface area contributed by atoms with E-state index in [0.717, 1.165) is 21.7 Å². The van der Waals surface area contributed by atoms with Crippen LogP contribution in [0.5, 0.6) is 0 Å². The standard InChI is InChI=1S/C25H21FN2OS/c1-16-12-13-19(14-17(16)2)22-23(18-8-5-4-6-9-18)30-25(28(22)3)27-24(29)20-10-7-11-21(26)15-20/h4-15H,1-3H3. The summed E-state index contributed by atoms with van der Waals surface area (Å²) in [7, 11) is 1.91. The van der Waals surface area contributed by atoms with E-state index in [1.807, 2.05) is 29.8 Å². The number of thiazole rings is 1. The molecule has 1 aromatic heterocycles. The maximum absolute atomic E-state index is 13.5. The third-order valence-electron chi connectivity index (χ3n) is 5.12. The van der Waals surface area contributed by atoms with Crippen LogP contribution in [0.1, 0.15) is 21.5 Å². The minimum atomic E-state index is -0.461. The number of amides is 1. The normalized spacial score (nSPS) is 11.7. The van der Waals surface area contributed by atoms with Gasteiger partial charge in [-0.15, -0.1) is 0 Å². The van der Waals surface area contributed by atoms with E-state index < -0.39 is 11.7 Å². The Hall–Kier alpha value is -3.31. The molecule has 0 aliphatic heterocycles. The van der Waals surface area contributed by atoms with Gasteiger partial charge in [-0.1, -0.05) is 59.9 Å². The highest BCUT2D eigenvalue weighted by Crippen LogP contribution is 2.35. The second-order valence-corrected chi connectivity index (χ2v) is 8.19. The van der Waals surface area contributed by atoms with Crippen molar-refractivity contribution in [3.05, 3.63) is 100 Å². The molecule has 1 amide bonds. The van der Waals surface area contributed by atoms with E-state index in [0.29, 0.717) is 4.80 Å². The molecule has 0 aliphatic carbocycles. The van der Waals surface area contributed by atoms with Gasteiger partial charge in [0.05, 0.1) is 10.6 Å². The largest absolute Gasteiger partial charge is 0.319 e. The predicted molar refractivity (Wildman–Crippen MR) is 120 cm³/mol. The lowest BCUT2D eigenvalue weighted by Crippen LogP contribution is -2.14. The summed E-state index contributed by atoms with van der Waals surface area (Å²) >= 11 is 1.45. The quantitative estimate of drug-likeness (QED) is 0.408. The Bertz CT molecular complexity index is 1300. The number of aromatic nitrogens is 1. The molecule has 0 spiro atoms. The van der Waals surface area contributed by atoms with E-state index in [1.54, 1.807) is 6.07 Å². The van der Waals surface area contributed by atoms with Crippen LogP contribution in [0, 0.1) is 19.7 Å². The Morgan fingerprint density at radius 3 is 2.37 bits per heavy atom. The van der Waals surface area contributed by atoms with E-state index in [1.165, 1.54) is 40.7 Å². The predicted octanol–water partition coefficient (Wildman–Crippen LogP) is 5.92. The summed E-state index contributed by atoms with van der Waals surface area (Å²) in [5.41, 5.74) is 5.79. The van der Waals surface area contributed by atoms with Crippen LogP contribution in [0.15, 0.2) is 77.8 Å². The minimum Gasteiger partial charge on any atom is -0.319 e. The molecule has 0 unspecified atom stereocenters. The van der Waals surface area contributed by atoms with Crippen molar-refractivity contribution in [1.82, 2.24) is 4.57 Å². The number of halogens is 1. The van der Waals surface area contributed by atoms with Gasteiger partial charge in [0.1, 0.15) is 5.82 Å². The Morgan fingerprint density at radius 1 is 0.900 bits per heavy atom. The van der Waals surface area contributed by atoms with E-state index >= 15 is 0 Å². The van der Waals surface area contributed by atoms with Crippen molar-refractivity contribution in [2.24, 2.45) is 12.0 Å². The molecule has 4 aromatic rings. The first kappa shape index (κ1) is 20.0. The molecule has 4 rings (SSSR count). The monoisotopic (exact) mass is 416 g/mol. The van der Waals surface area contributed by atoms with Crippen LogP contribution in [0.25, 0.3) is 21.7 Å². The van der Waals surface area contributed by atoms with Crippen LogP contribution in [0.3, 0.4) is 0 Å². The van der Waals surface area contributed by atoms with E-state index in [9.17, 15) is 9.18 Å². The molecule has 0 atom stereocenters. The van der Waals surface area contributed by atoms with Crippen molar-refractivity contribution in [1.29, 1.82) is 0 Å². The molecule has 5 heteroatoms. The van der Waals surface area contributed by atoms with Gasteiger partial charge < -0.3 is 4.57 Å². The minimum absolute atomic E-state index is 0.234. The summed E-state index contributed by atoms with van der Waals surface area (Å²) < 4.78 is 15.5. The van der Waals surface area contributed by atoms with Crippen molar-refractivity contribution in [3.63, 3.8) is 0 Å². The summed E-state index contributed by atoms with van der Waals surface area (Å²) in [5.74, 6) is -0.912. The average molecular weight is 417 g/mol. The number of aryl methyl sites for hydroxylation is 2. The topological polar surface area (TPSA) is 34.4 Å². The molecule has 0 fully saturated rings. The van der Waals surface area contributed by atoms with Crippen molar-refractivity contribution in [3.8, 4) is 21.7 Å². The molecule has 3 nitrogen and oxygen atoms in total. The van der Waals surface area contributed by atoms with Crippen LogP contribution in [-0.4, -0.2) is 10.5 Å². The number of hydrogen-bond donors (Lipinski definition) is 0. The van der Waals surface area contributed by atoms with Gasteiger partial charge in [-0.25, -0.2) is 4.39 Å². The molecule has 30 heavy (non-hydrogen) atoms. The first-order chi connectivity index (χ1) is 14.4. The van der Waals surface area contributed by atoms with Gasteiger partial charge in [0.2, 0.25) is 0 Å². The SMILES string of the molecule is Cc1ccc(-c2c(-c3ccccc3)sc(=NC(=O)c3cccc(F)c3)n2C)cc1C. The average Bonchev–Trinajstić information content (AvgIpc) is 3.07. The maximum Gasteiger partial charge on any atom is 0.279 e. The summed E-state index contributed by atoms with van der Waals surface area (Å²) in [4.78, 5) is 18.6. The van der Waals surface area contributed by atoms with Crippen molar-refractivity contribution >= 4 is 17.2 Å². The fraction of sp³-hybridized carbons (Fsp3) is 0.120. The van der Waals surface area contributed by atoms with Gasteiger partial charge in [0.25, 0.3) is 5.91 Å². The molecule has 0 radical (unpaired) electrons. The molecule has 3 aromatic carbocycles. The third kappa shape index (κ3) is 3.89. The number of carbonyl (C=O) groups excluding carboxylic acids is 1. The number of hydrogen-bond acceptors (Lipinski definition) is 2. The van der Waals surface area contributed by atoms with Gasteiger partial charge >= 0.3 is 0 Å². The Balaban J connectivity index is 1.92. The zero-order valence-electron chi connectivity index (χ0n) is 17.0. The maximum atomic E-state index is 13.5. The van der Waals surface area contributed by atoms with Crippen molar-refractivity contribution < 1.29 is 9.18 Å². The van der Waals surface area contributed by atoms with Crippen molar-refractivity contribution in [2.45, 2.75) is 13.8 Å². The highest BCUT2D eigenvalue weighted by molar-refractivity contribution is 7.13. The molecule has 1 heterocycles. The fourth-order valence-electron chi connectivity index (χ4n) is 3.33. The summed E-state index contributed by atoms with van der Waals surface area (Å²) in [6.45, 7) is 4.18. The summed E-state index contributed by atoms with van der Waals surface area (Å²) in [6, 6.07) is 22.0. The molecule has 0 saturated heterocycles. The number of carbonyl (C=O) groups is 1. The first-order valence-corrected chi connectivity index (χ1v) is 10.4. The van der Waals surface area contributed by atoms with Gasteiger partial charge in [-0.3, -0.25) is 4.79 Å². The third-order valence-corrected chi connectivity index (χ3v) is 6.30. The van der Waals surface area contributed by atoms with Gasteiger partial charge in [0.15, 0.2) is 4.80 Å². The zero-order chi connectivity index (χ0) is 21.3. The molecular weight excluding hydrogens is 395 g/mol. The number of benzene rings is 3. The van der Waals surface area contributed by atoms with Crippen LogP contribution in [0.2, 0.25) is 0 Å². The van der Waals surface area contributed by atoms with Gasteiger partial charge in [-0.2, -0.15) is 4.99 Å². The molecule has 0 saturated carbocycles. The highest BCUT2D eigenvalue weighted by atomic mass is 32.1. The van der Waals surface area contributed by atoms with Crippen LogP contribution in [-0.2, 0) is 7.05 Å². The number of rotatable bonds is 3. The summed E-state index contributed by atoms with van der Waals surface area (Å²) in [6.07, 6.45) is 0. The smallest absolute Gasteiger partial charge is 0.279 e. The lowest BCUT2D eigenvalue weighted by molar-refractivity contribution is 0.0997. The Morgan fingerprint density at radius 2 is 1.67 bits per heavy atom. The lowest BCUT2D eigenvalue weighted by atomic mass is 10.0. The van der Waals surface area contributed by atoms with Crippen LogP contribution < -0.4 is 4.80 Å². The lowest BCUT2D eigenvalue weighted by Gasteiger charge is -2.09. The van der Waals surface area contributed by atoms with Gasteiger partial charge in [0, 0.05) is 12.6 Å². The highest BCUT2D eigenvalue weighted by Gasteiger charge is 2.16. The molecule has 150 valence electrons. The fourth-order valence-corrected chi connectivity index (χ4v) is 4.47. The second kappa shape index (κ2) is 8.20. The van der Waals surface area contributed by atoms with Crippen molar-refractivity contribution in [2.75, 3.05) is 0 Å². The first-order valence-electron chi connectivity index (χ1n) is 9.61. The van der Waals surface area contributed by atoms with Crippen LogP contribution in [0.4, 0.5) is 4.39 Å². The molecule has 0 bridgehead atoms. The van der Waals surface area contributed by atoms with Crippen LogP contribution >= 0.6 is 11.3 Å². The number of nitrogens with zero attached hydrogens (tertiary/aromatic N) is 2. The second-order valence-electron chi connectivity index (χ2n) is 7.21.